The van der Waals surface area contributed by atoms with Crippen LogP contribution in [0.25, 0.3) is 0 Å². The number of rotatable bonds is 8. The molecule has 0 aliphatic carbocycles. The average Bonchev–Trinajstić information content (AvgIpc) is 2.65. The maximum absolute atomic E-state index is 12.4. The summed E-state index contributed by atoms with van der Waals surface area (Å²) in [6.45, 7) is 3.07. The monoisotopic (exact) mass is 410 g/mol. The van der Waals surface area contributed by atoms with Crippen LogP contribution >= 0.6 is 0 Å². The second kappa shape index (κ2) is 9.85. The van der Waals surface area contributed by atoms with Gasteiger partial charge in [0.25, 0.3) is 5.91 Å². The Morgan fingerprint density at radius 1 is 1.21 bits per heavy atom. The Kier molecular flexibility index (Phi) is 7.52. The van der Waals surface area contributed by atoms with Gasteiger partial charge in [-0.25, -0.2) is 9.97 Å². The number of nitrogens with one attached hydrogen (secondary N) is 2. The summed E-state index contributed by atoms with van der Waals surface area (Å²) in [5.74, 6) is -0.208. The molecule has 10 heteroatoms. The average molecular weight is 410 g/mol. The fourth-order valence-corrected chi connectivity index (χ4v) is 2.25. The summed E-state index contributed by atoms with van der Waals surface area (Å²) in [6, 6.07) is 6.10. The fraction of sp³-hybridized carbons (Fsp3) is 0.368. The molecule has 2 amide bonds. The van der Waals surface area contributed by atoms with Crippen LogP contribution in [0.5, 0.6) is 5.88 Å². The largest absolute Gasteiger partial charge is 0.477 e. The quantitative estimate of drug-likeness (QED) is 0.696. The van der Waals surface area contributed by atoms with Crippen LogP contribution in [0.4, 0.5) is 19.0 Å². The SMILES string of the molecule is CCC(=O)Nc1cc(C(=O)NCc2ccc(OCCC(F)(F)F)nc2)cc(C)n1. The number of hydrogen-bond acceptors (Lipinski definition) is 5. The topological polar surface area (TPSA) is 93.2 Å². The number of hydrogen-bond donors (Lipinski definition) is 2. The number of alkyl halides is 3. The van der Waals surface area contributed by atoms with Crippen LogP contribution in [0.15, 0.2) is 30.5 Å². The predicted molar refractivity (Wildman–Crippen MR) is 99.5 cm³/mol. The van der Waals surface area contributed by atoms with Gasteiger partial charge in [0.15, 0.2) is 0 Å². The van der Waals surface area contributed by atoms with E-state index < -0.39 is 19.2 Å². The zero-order chi connectivity index (χ0) is 21.4. The number of nitrogens with zero attached hydrogens (tertiary/aromatic N) is 2. The summed E-state index contributed by atoms with van der Waals surface area (Å²) in [6.07, 6.45) is -3.64. The highest BCUT2D eigenvalue weighted by Gasteiger charge is 2.26. The number of ether oxygens (including phenoxy) is 1. The summed E-state index contributed by atoms with van der Waals surface area (Å²) in [5, 5.41) is 5.32. The zero-order valence-electron chi connectivity index (χ0n) is 16.0. The van der Waals surface area contributed by atoms with E-state index in [0.717, 1.165) is 0 Å². The van der Waals surface area contributed by atoms with Crippen LogP contribution in [0.1, 0.15) is 41.4 Å². The van der Waals surface area contributed by atoms with Crippen molar-refractivity contribution in [2.75, 3.05) is 11.9 Å². The minimum absolute atomic E-state index is 0.0744. The Morgan fingerprint density at radius 2 is 1.97 bits per heavy atom. The highest BCUT2D eigenvalue weighted by Crippen LogP contribution is 2.19. The molecule has 0 radical (unpaired) electrons. The highest BCUT2D eigenvalue weighted by molar-refractivity contribution is 5.96. The molecule has 0 saturated carbocycles. The van der Waals surface area contributed by atoms with Gasteiger partial charge in [0.2, 0.25) is 11.8 Å². The summed E-state index contributed by atoms with van der Waals surface area (Å²) in [5.41, 5.74) is 1.56. The molecule has 2 N–H and O–H groups in total. The lowest BCUT2D eigenvalue weighted by Crippen LogP contribution is -2.23. The van der Waals surface area contributed by atoms with Crippen LogP contribution in [-0.4, -0.2) is 34.6 Å². The molecule has 29 heavy (non-hydrogen) atoms. The molecule has 2 rings (SSSR count). The molecule has 0 fully saturated rings. The van der Waals surface area contributed by atoms with E-state index in [-0.39, 0.29) is 24.2 Å². The zero-order valence-corrected chi connectivity index (χ0v) is 16.0. The van der Waals surface area contributed by atoms with Crippen LogP contribution in [0, 0.1) is 6.92 Å². The van der Waals surface area contributed by atoms with Crippen molar-refractivity contribution in [1.82, 2.24) is 15.3 Å². The summed E-state index contributed by atoms with van der Waals surface area (Å²) in [4.78, 5) is 32.0. The first-order valence-electron chi connectivity index (χ1n) is 8.87. The molecule has 2 aromatic heterocycles. The molecular weight excluding hydrogens is 389 g/mol. The number of aryl methyl sites for hydroxylation is 1. The summed E-state index contributed by atoms with van der Waals surface area (Å²) >= 11 is 0. The molecule has 2 aromatic rings. The second-order valence-corrected chi connectivity index (χ2v) is 6.19. The lowest BCUT2D eigenvalue weighted by Gasteiger charge is -2.10. The van der Waals surface area contributed by atoms with Gasteiger partial charge >= 0.3 is 6.18 Å². The van der Waals surface area contributed by atoms with Gasteiger partial charge in [-0.2, -0.15) is 13.2 Å². The summed E-state index contributed by atoms with van der Waals surface area (Å²) < 4.78 is 41.2. The third-order valence-corrected chi connectivity index (χ3v) is 3.69. The van der Waals surface area contributed by atoms with Crippen molar-refractivity contribution in [1.29, 1.82) is 0 Å². The molecule has 0 aliphatic heterocycles. The van der Waals surface area contributed by atoms with E-state index in [1.807, 2.05) is 0 Å². The van der Waals surface area contributed by atoms with Gasteiger partial charge in [-0.15, -0.1) is 0 Å². The van der Waals surface area contributed by atoms with E-state index in [2.05, 4.69) is 20.6 Å². The van der Waals surface area contributed by atoms with Gasteiger partial charge in [0.1, 0.15) is 5.82 Å². The predicted octanol–water partition coefficient (Wildman–Crippen LogP) is 3.39. The lowest BCUT2D eigenvalue weighted by molar-refractivity contribution is -0.139. The van der Waals surface area contributed by atoms with Crippen LogP contribution in [-0.2, 0) is 11.3 Å². The van der Waals surface area contributed by atoms with Gasteiger partial charge in [0.05, 0.1) is 13.0 Å². The van der Waals surface area contributed by atoms with E-state index in [9.17, 15) is 22.8 Å². The molecule has 156 valence electrons. The van der Waals surface area contributed by atoms with Gasteiger partial charge in [0, 0.05) is 36.5 Å². The number of carbonyl (C=O) groups is 2. The third-order valence-electron chi connectivity index (χ3n) is 3.69. The number of aromatic nitrogens is 2. The lowest BCUT2D eigenvalue weighted by atomic mass is 10.2. The van der Waals surface area contributed by atoms with Gasteiger partial charge in [-0.1, -0.05) is 13.0 Å². The molecule has 0 atom stereocenters. The standard InChI is InChI=1S/C19H21F3N4O3/c1-3-16(27)26-15-9-14(8-12(2)25-15)18(28)24-11-13-4-5-17(23-10-13)29-7-6-19(20,21)22/h4-5,8-10H,3,6-7,11H2,1-2H3,(H,24,28)(H,25,26,27). The molecule has 0 saturated heterocycles. The number of carbonyl (C=O) groups excluding carboxylic acids is 2. The van der Waals surface area contributed by atoms with Crippen LogP contribution < -0.4 is 15.4 Å². The van der Waals surface area contributed by atoms with Crippen molar-refractivity contribution in [2.24, 2.45) is 0 Å². The van der Waals surface area contributed by atoms with Gasteiger partial charge < -0.3 is 15.4 Å². The highest BCUT2D eigenvalue weighted by atomic mass is 19.4. The minimum atomic E-state index is -4.28. The summed E-state index contributed by atoms with van der Waals surface area (Å²) in [7, 11) is 0. The van der Waals surface area contributed by atoms with Crippen molar-refractivity contribution in [3.8, 4) is 5.88 Å². The number of amides is 2. The smallest absolute Gasteiger partial charge is 0.392 e. The van der Waals surface area contributed by atoms with Crippen LogP contribution in [0.3, 0.4) is 0 Å². The maximum Gasteiger partial charge on any atom is 0.392 e. The Hall–Kier alpha value is -3.17. The Labute approximate surface area is 165 Å². The Morgan fingerprint density at radius 3 is 2.59 bits per heavy atom. The normalized spacial score (nSPS) is 11.1. The molecule has 0 unspecified atom stereocenters. The van der Waals surface area contributed by atoms with E-state index in [1.54, 1.807) is 26.0 Å². The molecular formula is C19H21F3N4O3. The van der Waals surface area contributed by atoms with Crippen molar-refractivity contribution in [2.45, 2.75) is 39.4 Å². The third kappa shape index (κ3) is 7.76. The number of pyridine rings is 2. The van der Waals surface area contributed by atoms with Crippen LogP contribution in [0.2, 0.25) is 0 Å². The van der Waals surface area contributed by atoms with E-state index in [1.165, 1.54) is 18.3 Å². The first kappa shape index (κ1) is 22.1. The second-order valence-electron chi connectivity index (χ2n) is 6.19. The molecule has 0 spiro atoms. The first-order chi connectivity index (χ1) is 13.7. The molecule has 2 heterocycles. The van der Waals surface area contributed by atoms with E-state index >= 15 is 0 Å². The molecule has 0 aliphatic rings. The van der Waals surface area contributed by atoms with E-state index in [0.29, 0.717) is 29.1 Å². The molecule has 0 aromatic carbocycles. The van der Waals surface area contributed by atoms with E-state index in [4.69, 9.17) is 4.74 Å². The maximum atomic E-state index is 12.4. The molecule has 7 nitrogen and oxygen atoms in total. The van der Waals surface area contributed by atoms with Crippen molar-refractivity contribution in [3.05, 3.63) is 47.3 Å². The molecule has 0 bridgehead atoms. The van der Waals surface area contributed by atoms with Crippen molar-refractivity contribution < 1.29 is 27.5 Å². The van der Waals surface area contributed by atoms with Gasteiger partial charge in [-0.3, -0.25) is 9.59 Å². The Bertz CT molecular complexity index is 855. The minimum Gasteiger partial charge on any atom is -0.477 e. The van der Waals surface area contributed by atoms with Gasteiger partial charge in [-0.05, 0) is 24.6 Å². The number of anilines is 1. The Balaban J connectivity index is 1.91. The fourth-order valence-electron chi connectivity index (χ4n) is 2.25. The van der Waals surface area contributed by atoms with Crippen molar-refractivity contribution >= 4 is 17.6 Å². The van der Waals surface area contributed by atoms with Crippen molar-refractivity contribution in [3.63, 3.8) is 0 Å². The number of halogens is 3. The first-order valence-corrected chi connectivity index (χ1v) is 8.87.